The van der Waals surface area contributed by atoms with Crippen LogP contribution >= 0.6 is 0 Å². The summed E-state index contributed by atoms with van der Waals surface area (Å²) in [4.78, 5) is 5.34. The maximum Gasteiger partial charge on any atom is 0.198 e. The SMILES string of the molecule is C[Si](C)(C)Nc1c(F)c(F)c(F)c(N[Si](C)(C)C)c1F. The van der Waals surface area contributed by atoms with Crippen LogP contribution in [0.25, 0.3) is 0 Å². The number of anilines is 2. The number of halogens is 4. The second kappa shape index (κ2) is 5.40. The quantitative estimate of drug-likeness (QED) is 0.362. The molecule has 0 aliphatic carbocycles. The van der Waals surface area contributed by atoms with Crippen molar-refractivity contribution in [3.8, 4) is 0 Å². The van der Waals surface area contributed by atoms with Crippen LogP contribution in [0.4, 0.5) is 28.9 Å². The van der Waals surface area contributed by atoms with Gasteiger partial charge in [-0.25, -0.2) is 17.6 Å². The highest BCUT2D eigenvalue weighted by Gasteiger charge is 2.30. The van der Waals surface area contributed by atoms with E-state index in [2.05, 4.69) is 9.96 Å². The zero-order valence-corrected chi connectivity index (χ0v) is 14.5. The van der Waals surface area contributed by atoms with Gasteiger partial charge in [0.1, 0.15) is 27.8 Å². The predicted molar refractivity (Wildman–Crippen MR) is 80.2 cm³/mol. The number of nitrogens with one attached hydrogen (secondary N) is 2. The first-order chi connectivity index (χ1) is 8.83. The first-order valence-electron chi connectivity index (χ1n) is 6.26. The van der Waals surface area contributed by atoms with E-state index in [1.807, 2.05) is 0 Å². The molecule has 0 aliphatic heterocycles. The largest absolute Gasteiger partial charge is 0.406 e. The molecule has 0 unspecified atom stereocenters. The molecule has 8 heteroatoms. The summed E-state index contributed by atoms with van der Waals surface area (Å²) in [6.07, 6.45) is 0. The molecule has 114 valence electrons. The van der Waals surface area contributed by atoms with Gasteiger partial charge in [0.25, 0.3) is 0 Å². The van der Waals surface area contributed by atoms with Gasteiger partial charge >= 0.3 is 0 Å². The minimum absolute atomic E-state index is 0.594. The fourth-order valence-corrected chi connectivity index (χ4v) is 3.54. The van der Waals surface area contributed by atoms with E-state index < -0.39 is 51.1 Å². The maximum absolute atomic E-state index is 14.3. The zero-order chi connectivity index (χ0) is 15.9. The molecule has 2 N–H and O–H groups in total. The molecule has 0 atom stereocenters. The van der Waals surface area contributed by atoms with Gasteiger partial charge in [0.15, 0.2) is 23.3 Å². The molecular weight excluding hydrogens is 304 g/mol. The summed E-state index contributed by atoms with van der Waals surface area (Å²) in [5.41, 5.74) is -1.19. The fraction of sp³-hybridized carbons (Fsp3) is 0.500. The second-order valence-electron chi connectivity index (χ2n) is 6.76. The topological polar surface area (TPSA) is 24.1 Å². The Hall–Kier alpha value is -1.03. The van der Waals surface area contributed by atoms with Crippen molar-refractivity contribution in [3.63, 3.8) is 0 Å². The van der Waals surface area contributed by atoms with Gasteiger partial charge in [-0.05, 0) is 0 Å². The molecular formula is C12H20F4N2Si2. The van der Waals surface area contributed by atoms with Gasteiger partial charge in [-0.1, -0.05) is 39.3 Å². The van der Waals surface area contributed by atoms with E-state index in [1.54, 1.807) is 39.3 Å². The van der Waals surface area contributed by atoms with Crippen LogP contribution in [0.1, 0.15) is 0 Å². The maximum atomic E-state index is 14.3. The van der Waals surface area contributed by atoms with Crippen LogP contribution in [0, 0.1) is 23.3 Å². The average molecular weight is 324 g/mol. The van der Waals surface area contributed by atoms with E-state index in [4.69, 9.17) is 0 Å². The molecule has 0 aromatic heterocycles. The molecule has 0 spiro atoms. The van der Waals surface area contributed by atoms with Crippen LogP contribution in [0.5, 0.6) is 0 Å². The summed E-state index contributed by atoms with van der Waals surface area (Å²) in [7, 11) is -4.24. The molecule has 0 aliphatic rings. The average Bonchev–Trinajstić information content (AvgIpc) is 2.25. The third kappa shape index (κ3) is 3.98. The van der Waals surface area contributed by atoms with Gasteiger partial charge in [0, 0.05) is 0 Å². The van der Waals surface area contributed by atoms with E-state index in [0.717, 1.165) is 0 Å². The molecule has 0 radical (unpaired) electrons. The van der Waals surface area contributed by atoms with E-state index >= 15 is 0 Å². The first-order valence-corrected chi connectivity index (χ1v) is 13.3. The molecule has 20 heavy (non-hydrogen) atoms. The number of hydrogen-bond acceptors (Lipinski definition) is 2. The number of hydrogen-bond donors (Lipinski definition) is 2. The van der Waals surface area contributed by atoms with Crippen molar-refractivity contribution in [2.24, 2.45) is 0 Å². The lowest BCUT2D eigenvalue weighted by atomic mass is 10.2. The Bertz CT molecular complexity index is 479. The Labute approximate surface area is 118 Å². The van der Waals surface area contributed by atoms with Crippen molar-refractivity contribution in [1.29, 1.82) is 0 Å². The summed E-state index contributed by atoms with van der Waals surface area (Å²) in [5, 5.41) is 0. The third-order valence-corrected chi connectivity index (χ3v) is 4.26. The van der Waals surface area contributed by atoms with Crippen LogP contribution in [-0.2, 0) is 0 Å². The Morgan fingerprint density at radius 3 is 1.10 bits per heavy atom. The van der Waals surface area contributed by atoms with E-state index in [1.165, 1.54) is 0 Å². The van der Waals surface area contributed by atoms with Crippen LogP contribution in [0.3, 0.4) is 0 Å². The van der Waals surface area contributed by atoms with E-state index in [0.29, 0.717) is 0 Å². The van der Waals surface area contributed by atoms with Gasteiger partial charge in [0.05, 0.1) is 0 Å². The Morgan fingerprint density at radius 1 is 0.550 bits per heavy atom. The Kier molecular flexibility index (Phi) is 4.60. The van der Waals surface area contributed by atoms with Crippen molar-refractivity contribution >= 4 is 27.8 Å². The molecule has 2 nitrogen and oxygen atoms in total. The molecule has 0 amide bonds. The number of rotatable bonds is 4. The molecule has 1 aromatic rings. The minimum Gasteiger partial charge on any atom is -0.406 e. The lowest BCUT2D eigenvalue weighted by Crippen LogP contribution is -2.36. The molecule has 0 heterocycles. The third-order valence-electron chi connectivity index (χ3n) is 2.26. The van der Waals surface area contributed by atoms with Crippen LogP contribution < -0.4 is 9.96 Å². The first kappa shape index (κ1) is 17.0. The van der Waals surface area contributed by atoms with Crippen LogP contribution in [0.15, 0.2) is 0 Å². The lowest BCUT2D eigenvalue weighted by molar-refractivity contribution is 0.441. The highest BCUT2D eigenvalue weighted by atomic mass is 28.3. The molecule has 0 saturated heterocycles. The zero-order valence-electron chi connectivity index (χ0n) is 12.5. The van der Waals surface area contributed by atoms with Gasteiger partial charge in [-0.15, -0.1) is 0 Å². The number of benzene rings is 1. The highest BCUT2D eigenvalue weighted by Crippen LogP contribution is 2.33. The van der Waals surface area contributed by atoms with E-state index in [-0.39, 0.29) is 0 Å². The van der Waals surface area contributed by atoms with Crippen LogP contribution in [-0.4, -0.2) is 16.5 Å². The summed E-state index contributed by atoms with van der Waals surface area (Å²) >= 11 is 0. The standard InChI is InChI=1S/C12H20F4N2Si2/c1-19(2,3)17-11-8(14)7(13)9(15)12(10(11)16)18-20(4,5)6/h17-18H,1-6H3. The molecule has 0 saturated carbocycles. The summed E-state index contributed by atoms with van der Waals surface area (Å²) in [5.74, 6) is -5.79. The van der Waals surface area contributed by atoms with Gasteiger partial charge in [0.2, 0.25) is 0 Å². The predicted octanol–water partition coefficient (Wildman–Crippen LogP) is 4.74. The molecule has 1 aromatic carbocycles. The molecule has 0 bridgehead atoms. The molecule has 1 rings (SSSR count). The Morgan fingerprint density at radius 2 is 0.850 bits per heavy atom. The smallest absolute Gasteiger partial charge is 0.198 e. The van der Waals surface area contributed by atoms with Gasteiger partial charge in [-0.2, -0.15) is 0 Å². The van der Waals surface area contributed by atoms with Crippen LogP contribution in [0.2, 0.25) is 39.3 Å². The monoisotopic (exact) mass is 324 g/mol. The summed E-state index contributed by atoms with van der Waals surface area (Å²) in [6, 6.07) is 0. The lowest BCUT2D eigenvalue weighted by Gasteiger charge is -2.25. The van der Waals surface area contributed by atoms with Crippen molar-refractivity contribution in [1.82, 2.24) is 0 Å². The highest BCUT2D eigenvalue weighted by molar-refractivity contribution is 6.79. The van der Waals surface area contributed by atoms with Crippen molar-refractivity contribution in [2.45, 2.75) is 39.3 Å². The minimum atomic E-state index is -2.12. The second-order valence-corrected chi connectivity index (χ2v) is 16.3. The normalized spacial score (nSPS) is 12.5. The van der Waals surface area contributed by atoms with Gasteiger partial charge in [-0.3, -0.25) is 0 Å². The van der Waals surface area contributed by atoms with E-state index in [9.17, 15) is 17.6 Å². The van der Waals surface area contributed by atoms with Crippen molar-refractivity contribution in [3.05, 3.63) is 23.3 Å². The summed E-state index contributed by atoms with van der Waals surface area (Å²) < 4.78 is 55.4. The fourth-order valence-electron chi connectivity index (χ4n) is 1.60. The Balaban J connectivity index is 3.47. The van der Waals surface area contributed by atoms with Crippen molar-refractivity contribution < 1.29 is 17.6 Å². The van der Waals surface area contributed by atoms with Crippen molar-refractivity contribution in [2.75, 3.05) is 9.96 Å². The summed E-state index contributed by atoms with van der Waals surface area (Å²) in [6.45, 7) is 10.8. The van der Waals surface area contributed by atoms with Gasteiger partial charge < -0.3 is 9.96 Å². The molecule has 0 fully saturated rings.